The molecule has 1 fully saturated rings. The van der Waals surface area contributed by atoms with Gasteiger partial charge in [-0.25, -0.2) is 13.4 Å². The van der Waals surface area contributed by atoms with Gasteiger partial charge in [0.05, 0.1) is 11.2 Å². The Morgan fingerprint density at radius 1 is 1.44 bits per heavy atom. The number of nitrogens with one attached hydrogen (secondary N) is 1. The van der Waals surface area contributed by atoms with Crippen molar-refractivity contribution in [1.29, 1.82) is 0 Å². The third kappa shape index (κ3) is 2.42. The largest absolute Gasteiger partial charge is 0.315 e. The number of aryl methyl sites for hydroxylation is 1. The molecule has 0 unspecified atom stereocenters. The molecule has 1 aliphatic heterocycles. The zero-order valence-electron chi connectivity index (χ0n) is 9.14. The summed E-state index contributed by atoms with van der Waals surface area (Å²) in [4.78, 5) is 4.00. The molecule has 7 heteroatoms. The van der Waals surface area contributed by atoms with E-state index in [-0.39, 0.29) is 0 Å². The predicted octanol–water partition coefficient (Wildman–Crippen LogP) is 0.436. The Kier molecular flexibility index (Phi) is 3.58. The molecule has 0 aliphatic carbocycles. The molecule has 1 aromatic rings. The molecular formula is C9H15N3O2S2. The van der Waals surface area contributed by atoms with Crippen LogP contribution in [0.4, 0.5) is 0 Å². The number of sulfonamides is 1. The van der Waals surface area contributed by atoms with Crippen LogP contribution in [0.15, 0.2) is 10.4 Å². The number of hydrogen-bond donors (Lipinski definition) is 1. The number of nitrogens with zero attached hydrogens (tertiary/aromatic N) is 2. The summed E-state index contributed by atoms with van der Waals surface area (Å²) in [5, 5.41) is 3.97. The summed E-state index contributed by atoms with van der Waals surface area (Å²) in [5.74, 6) is 0. The Labute approximate surface area is 99.5 Å². The highest BCUT2D eigenvalue weighted by Crippen LogP contribution is 2.22. The summed E-state index contributed by atoms with van der Waals surface area (Å²) in [6, 6.07) is 0. The fourth-order valence-electron chi connectivity index (χ4n) is 1.65. The molecule has 2 heterocycles. The van der Waals surface area contributed by atoms with Gasteiger partial charge in [-0.2, -0.15) is 4.31 Å². The summed E-state index contributed by atoms with van der Waals surface area (Å²) >= 11 is 1.23. The molecule has 0 bridgehead atoms. The van der Waals surface area contributed by atoms with Gasteiger partial charge >= 0.3 is 0 Å². The molecular weight excluding hydrogens is 246 g/mol. The van der Waals surface area contributed by atoms with Crippen LogP contribution < -0.4 is 5.32 Å². The van der Waals surface area contributed by atoms with E-state index in [9.17, 15) is 8.42 Å². The van der Waals surface area contributed by atoms with Crippen molar-refractivity contribution in [2.45, 2.75) is 17.6 Å². The fraction of sp³-hybridized carbons (Fsp3) is 0.667. The van der Waals surface area contributed by atoms with E-state index in [4.69, 9.17) is 0 Å². The van der Waals surface area contributed by atoms with Gasteiger partial charge in [-0.05, 0) is 19.9 Å². The van der Waals surface area contributed by atoms with E-state index in [0.717, 1.165) is 24.5 Å². The second-order valence-electron chi connectivity index (χ2n) is 3.71. The maximum Gasteiger partial charge on any atom is 0.254 e. The lowest BCUT2D eigenvalue weighted by Gasteiger charge is -2.17. The molecule has 90 valence electrons. The molecule has 0 atom stereocenters. The first kappa shape index (κ1) is 12.0. The van der Waals surface area contributed by atoms with Crippen LogP contribution in [0.5, 0.6) is 0 Å². The van der Waals surface area contributed by atoms with Crippen LogP contribution in [-0.4, -0.2) is 43.9 Å². The zero-order chi connectivity index (χ0) is 11.6. The van der Waals surface area contributed by atoms with E-state index in [0.29, 0.717) is 17.3 Å². The lowest BCUT2D eigenvalue weighted by atomic mass is 10.4. The van der Waals surface area contributed by atoms with Crippen LogP contribution in [0.1, 0.15) is 11.4 Å². The van der Waals surface area contributed by atoms with Crippen molar-refractivity contribution in [3.63, 3.8) is 0 Å². The first-order chi connectivity index (χ1) is 7.60. The van der Waals surface area contributed by atoms with Gasteiger partial charge in [0.1, 0.15) is 0 Å². The van der Waals surface area contributed by atoms with Crippen molar-refractivity contribution in [1.82, 2.24) is 14.6 Å². The van der Waals surface area contributed by atoms with Crippen LogP contribution in [0, 0.1) is 6.92 Å². The Morgan fingerprint density at radius 2 is 2.25 bits per heavy atom. The van der Waals surface area contributed by atoms with Gasteiger partial charge < -0.3 is 5.32 Å². The molecule has 0 saturated carbocycles. The fourth-order valence-corrected chi connectivity index (χ4v) is 4.39. The van der Waals surface area contributed by atoms with Crippen LogP contribution in [0.25, 0.3) is 0 Å². The summed E-state index contributed by atoms with van der Waals surface area (Å²) in [5.41, 5.74) is 0. The number of thiazole rings is 1. The lowest BCUT2D eigenvalue weighted by molar-refractivity contribution is 0.433. The first-order valence-electron chi connectivity index (χ1n) is 5.24. The molecule has 0 aromatic carbocycles. The highest BCUT2D eigenvalue weighted by atomic mass is 32.2. The average Bonchev–Trinajstić information content (AvgIpc) is 2.54. The molecule has 2 rings (SSSR count). The van der Waals surface area contributed by atoms with Crippen molar-refractivity contribution in [2.75, 3.05) is 26.2 Å². The first-order valence-corrected chi connectivity index (χ1v) is 7.49. The molecule has 1 saturated heterocycles. The summed E-state index contributed by atoms with van der Waals surface area (Å²) in [6.45, 7) is 4.55. The van der Waals surface area contributed by atoms with Gasteiger partial charge in [0.2, 0.25) is 0 Å². The molecule has 0 spiro atoms. The standard InChI is InChI=1S/C9H15N3O2S2/c1-8-11-7-9(15-8)16(13,14)12-5-2-3-10-4-6-12/h7,10H,2-6H2,1H3. The van der Waals surface area contributed by atoms with Crippen molar-refractivity contribution in [3.8, 4) is 0 Å². The maximum absolute atomic E-state index is 12.2. The zero-order valence-corrected chi connectivity index (χ0v) is 10.8. The Balaban J connectivity index is 2.23. The van der Waals surface area contributed by atoms with Crippen molar-refractivity contribution in [2.24, 2.45) is 0 Å². The monoisotopic (exact) mass is 261 g/mol. The maximum atomic E-state index is 12.2. The summed E-state index contributed by atoms with van der Waals surface area (Å²) < 4.78 is 26.3. The van der Waals surface area contributed by atoms with E-state index in [1.165, 1.54) is 17.5 Å². The van der Waals surface area contributed by atoms with Crippen LogP contribution >= 0.6 is 11.3 Å². The normalized spacial score (nSPS) is 19.6. The van der Waals surface area contributed by atoms with Crippen LogP contribution in [-0.2, 0) is 10.0 Å². The van der Waals surface area contributed by atoms with Crippen molar-refractivity contribution < 1.29 is 8.42 Å². The third-order valence-corrected chi connectivity index (χ3v) is 5.74. The molecule has 16 heavy (non-hydrogen) atoms. The number of rotatable bonds is 2. The Bertz CT molecular complexity index is 447. The van der Waals surface area contributed by atoms with Gasteiger partial charge in [-0.3, -0.25) is 0 Å². The second-order valence-corrected chi connectivity index (χ2v) is 7.11. The number of hydrogen-bond acceptors (Lipinski definition) is 5. The van der Waals surface area contributed by atoms with Crippen LogP contribution in [0.2, 0.25) is 0 Å². The number of aromatic nitrogens is 1. The quantitative estimate of drug-likeness (QED) is 0.839. The van der Waals surface area contributed by atoms with Crippen molar-refractivity contribution >= 4 is 21.4 Å². The minimum Gasteiger partial charge on any atom is -0.315 e. The molecule has 0 radical (unpaired) electrons. The lowest BCUT2D eigenvalue weighted by Crippen LogP contribution is -2.33. The Morgan fingerprint density at radius 3 is 2.94 bits per heavy atom. The molecule has 1 N–H and O–H groups in total. The molecule has 0 amide bonds. The highest BCUT2D eigenvalue weighted by molar-refractivity contribution is 7.91. The van der Waals surface area contributed by atoms with E-state index in [1.54, 1.807) is 4.31 Å². The van der Waals surface area contributed by atoms with Gasteiger partial charge in [0, 0.05) is 19.6 Å². The van der Waals surface area contributed by atoms with E-state index in [1.807, 2.05) is 6.92 Å². The summed E-state index contributed by atoms with van der Waals surface area (Å²) in [6.07, 6.45) is 2.31. The Hall–Kier alpha value is -0.500. The molecule has 1 aliphatic rings. The minimum atomic E-state index is -3.32. The summed E-state index contributed by atoms with van der Waals surface area (Å²) in [7, 11) is -3.32. The van der Waals surface area contributed by atoms with Gasteiger partial charge in [-0.1, -0.05) is 0 Å². The predicted molar refractivity (Wildman–Crippen MR) is 63.1 cm³/mol. The van der Waals surface area contributed by atoms with Gasteiger partial charge in [-0.15, -0.1) is 11.3 Å². The van der Waals surface area contributed by atoms with Crippen molar-refractivity contribution in [3.05, 3.63) is 11.2 Å². The third-order valence-electron chi connectivity index (χ3n) is 2.49. The highest BCUT2D eigenvalue weighted by Gasteiger charge is 2.26. The smallest absolute Gasteiger partial charge is 0.254 e. The SMILES string of the molecule is Cc1ncc(S(=O)(=O)N2CCCNCC2)s1. The average molecular weight is 261 g/mol. The van der Waals surface area contributed by atoms with Gasteiger partial charge in [0.15, 0.2) is 4.21 Å². The van der Waals surface area contributed by atoms with Gasteiger partial charge in [0.25, 0.3) is 10.0 Å². The second kappa shape index (κ2) is 4.79. The molecule has 1 aromatic heterocycles. The van der Waals surface area contributed by atoms with E-state index >= 15 is 0 Å². The van der Waals surface area contributed by atoms with Crippen LogP contribution in [0.3, 0.4) is 0 Å². The van der Waals surface area contributed by atoms with E-state index in [2.05, 4.69) is 10.3 Å². The minimum absolute atomic E-state index is 0.354. The molecule has 5 nitrogen and oxygen atoms in total. The topological polar surface area (TPSA) is 62.3 Å². The van der Waals surface area contributed by atoms with E-state index < -0.39 is 10.0 Å².